The molecule has 9 heteroatoms. The fraction of sp³-hybridized carbons (Fsp3) is 0.294. The fourth-order valence-electron chi connectivity index (χ4n) is 5.77. The van der Waals surface area contributed by atoms with Crippen molar-refractivity contribution < 1.29 is 18.0 Å². The highest BCUT2D eigenvalue weighted by Gasteiger charge is 2.34. The Morgan fingerprint density at radius 2 is 1.53 bits per heavy atom. The lowest BCUT2D eigenvalue weighted by Crippen LogP contribution is -2.54. The van der Waals surface area contributed by atoms with E-state index in [1.807, 2.05) is 66.7 Å². The highest BCUT2D eigenvalue weighted by molar-refractivity contribution is 7.92. The second-order valence-electron chi connectivity index (χ2n) is 11.1. The van der Waals surface area contributed by atoms with Crippen LogP contribution >= 0.6 is 11.6 Å². The zero-order valence-electron chi connectivity index (χ0n) is 24.2. The van der Waals surface area contributed by atoms with Gasteiger partial charge in [-0.15, -0.1) is 0 Å². The quantitative estimate of drug-likeness (QED) is 0.225. The summed E-state index contributed by atoms with van der Waals surface area (Å²) in [6.45, 7) is -0.377. The molecule has 1 atom stereocenters. The molecule has 7 nitrogen and oxygen atoms in total. The molecule has 1 aliphatic rings. The van der Waals surface area contributed by atoms with Crippen LogP contribution in [0.15, 0.2) is 97.1 Å². The standard InChI is InChI=1S/C34H36ClN3O4S/c1-43(41,42)38(31-20-10-15-27-14-5-8-19-30(27)31)24-33(39)37(23-26-13-9-16-28(35)21-26)32(22-25-11-3-2-4-12-25)34(40)36-29-17-6-7-18-29/h2-5,8-16,19-21,29,32H,6-7,17-18,22-24H2,1H3,(H,36,40)/t32-/m1/s1. The van der Waals surface area contributed by atoms with Gasteiger partial charge >= 0.3 is 0 Å². The Morgan fingerprint density at radius 1 is 0.884 bits per heavy atom. The summed E-state index contributed by atoms with van der Waals surface area (Å²) in [5, 5.41) is 5.26. The van der Waals surface area contributed by atoms with Crippen molar-refractivity contribution >= 4 is 49.9 Å². The average molecular weight is 618 g/mol. The summed E-state index contributed by atoms with van der Waals surface area (Å²) < 4.78 is 27.6. The van der Waals surface area contributed by atoms with Gasteiger partial charge in [-0.3, -0.25) is 13.9 Å². The van der Waals surface area contributed by atoms with Gasteiger partial charge in [-0.05, 0) is 47.6 Å². The monoisotopic (exact) mass is 617 g/mol. The maximum atomic E-state index is 14.4. The maximum Gasteiger partial charge on any atom is 0.244 e. The van der Waals surface area contributed by atoms with E-state index in [0.717, 1.165) is 52.8 Å². The lowest BCUT2D eigenvalue weighted by atomic mass is 10.0. The van der Waals surface area contributed by atoms with Crippen molar-refractivity contribution in [1.29, 1.82) is 0 Å². The van der Waals surface area contributed by atoms with Gasteiger partial charge in [0.1, 0.15) is 12.6 Å². The number of halogens is 1. The van der Waals surface area contributed by atoms with Crippen molar-refractivity contribution in [2.45, 2.75) is 50.7 Å². The second-order valence-corrected chi connectivity index (χ2v) is 13.5. The molecule has 5 rings (SSSR count). The Kier molecular flexibility index (Phi) is 9.68. The predicted molar refractivity (Wildman–Crippen MR) is 172 cm³/mol. The van der Waals surface area contributed by atoms with Crippen molar-refractivity contribution in [3.8, 4) is 0 Å². The molecule has 224 valence electrons. The van der Waals surface area contributed by atoms with Gasteiger partial charge in [0.25, 0.3) is 0 Å². The van der Waals surface area contributed by atoms with Crippen LogP contribution in [-0.2, 0) is 32.6 Å². The van der Waals surface area contributed by atoms with Gasteiger partial charge in [-0.1, -0.05) is 103 Å². The van der Waals surface area contributed by atoms with Gasteiger partial charge in [-0.25, -0.2) is 8.42 Å². The van der Waals surface area contributed by atoms with Crippen molar-refractivity contribution in [2.24, 2.45) is 0 Å². The number of fused-ring (bicyclic) bond motifs is 1. The summed E-state index contributed by atoms with van der Waals surface area (Å²) in [6, 6.07) is 28.7. The van der Waals surface area contributed by atoms with Gasteiger partial charge in [0, 0.05) is 29.4 Å². The smallest absolute Gasteiger partial charge is 0.244 e. The molecule has 0 radical (unpaired) electrons. The molecule has 43 heavy (non-hydrogen) atoms. The lowest BCUT2D eigenvalue weighted by molar-refractivity contribution is -0.140. The third-order valence-corrected chi connectivity index (χ3v) is 9.29. The number of hydrogen-bond donors (Lipinski definition) is 1. The Bertz CT molecular complexity index is 1690. The summed E-state index contributed by atoms with van der Waals surface area (Å²) in [5.41, 5.74) is 2.04. The average Bonchev–Trinajstić information content (AvgIpc) is 3.50. The first kappa shape index (κ1) is 30.6. The molecule has 0 heterocycles. The molecule has 2 amide bonds. The number of carbonyl (C=O) groups is 2. The van der Waals surface area contributed by atoms with Crippen LogP contribution in [0.25, 0.3) is 10.8 Å². The van der Waals surface area contributed by atoms with Crippen LogP contribution in [0.3, 0.4) is 0 Å². The minimum absolute atomic E-state index is 0.0529. The van der Waals surface area contributed by atoms with E-state index in [9.17, 15) is 18.0 Å². The van der Waals surface area contributed by atoms with Crippen LogP contribution < -0.4 is 9.62 Å². The van der Waals surface area contributed by atoms with Crippen molar-refractivity contribution in [1.82, 2.24) is 10.2 Å². The van der Waals surface area contributed by atoms with Gasteiger partial charge in [0.2, 0.25) is 21.8 Å². The summed E-state index contributed by atoms with van der Waals surface area (Å²) in [5.74, 6) is -0.733. The maximum absolute atomic E-state index is 14.4. The SMILES string of the molecule is CS(=O)(=O)N(CC(=O)N(Cc1cccc(Cl)c1)[C@H](Cc1ccccc1)C(=O)NC1CCCC1)c1cccc2ccccc12. The molecule has 0 unspecified atom stereocenters. The molecule has 1 N–H and O–H groups in total. The van der Waals surface area contributed by atoms with Gasteiger partial charge in [0.15, 0.2) is 0 Å². The van der Waals surface area contributed by atoms with E-state index in [1.54, 1.807) is 30.3 Å². The van der Waals surface area contributed by atoms with Crippen LogP contribution in [0.4, 0.5) is 5.69 Å². The topological polar surface area (TPSA) is 86.8 Å². The molecule has 1 fully saturated rings. The highest BCUT2D eigenvalue weighted by atomic mass is 35.5. The molecule has 0 bridgehead atoms. The predicted octanol–water partition coefficient (Wildman–Crippen LogP) is 5.96. The summed E-state index contributed by atoms with van der Waals surface area (Å²) >= 11 is 6.30. The molecular weight excluding hydrogens is 582 g/mol. The van der Waals surface area contributed by atoms with E-state index < -0.39 is 28.5 Å². The molecule has 0 saturated heterocycles. The molecule has 0 aliphatic heterocycles. The Morgan fingerprint density at radius 3 is 2.26 bits per heavy atom. The molecule has 4 aromatic carbocycles. The summed E-state index contributed by atoms with van der Waals surface area (Å²) in [6.07, 6.45) is 5.27. The molecule has 1 saturated carbocycles. The van der Waals surface area contributed by atoms with Gasteiger partial charge in [-0.2, -0.15) is 0 Å². The number of nitrogens with one attached hydrogen (secondary N) is 1. The zero-order valence-corrected chi connectivity index (χ0v) is 25.7. The molecule has 0 spiro atoms. The van der Waals surface area contributed by atoms with E-state index in [2.05, 4.69) is 5.32 Å². The third kappa shape index (κ3) is 7.75. The number of sulfonamides is 1. The first-order chi connectivity index (χ1) is 20.7. The highest BCUT2D eigenvalue weighted by Crippen LogP contribution is 2.29. The minimum Gasteiger partial charge on any atom is -0.352 e. The molecular formula is C34H36ClN3O4S. The zero-order chi connectivity index (χ0) is 30.4. The number of anilines is 1. The fourth-order valence-corrected chi connectivity index (χ4v) is 6.85. The van der Waals surface area contributed by atoms with E-state index in [1.165, 1.54) is 4.90 Å². The first-order valence-corrected chi connectivity index (χ1v) is 16.8. The van der Waals surface area contributed by atoms with Gasteiger partial charge in [0.05, 0.1) is 11.9 Å². The van der Waals surface area contributed by atoms with Crippen LogP contribution in [-0.4, -0.2) is 50.0 Å². The van der Waals surface area contributed by atoms with Crippen LogP contribution in [0.5, 0.6) is 0 Å². The number of carbonyl (C=O) groups excluding carboxylic acids is 2. The largest absolute Gasteiger partial charge is 0.352 e. The van der Waals surface area contributed by atoms with Crippen molar-refractivity contribution in [3.63, 3.8) is 0 Å². The van der Waals surface area contributed by atoms with Gasteiger partial charge < -0.3 is 10.2 Å². The van der Waals surface area contributed by atoms with E-state index in [4.69, 9.17) is 11.6 Å². The van der Waals surface area contributed by atoms with E-state index >= 15 is 0 Å². The minimum atomic E-state index is -3.88. The van der Waals surface area contributed by atoms with Crippen LogP contribution in [0.1, 0.15) is 36.8 Å². The third-order valence-electron chi connectivity index (χ3n) is 7.93. The number of benzene rings is 4. The van der Waals surface area contributed by atoms with E-state index in [0.29, 0.717) is 16.1 Å². The van der Waals surface area contributed by atoms with Crippen LogP contribution in [0.2, 0.25) is 5.02 Å². The summed E-state index contributed by atoms with van der Waals surface area (Å²) in [4.78, 5) is 29.9. The van der Waals surface area contributed by atoms with Crippen molar-refractivity contribution in [2.75, 3.05) is 17.1 Å². The Balaban J connectivity index is 1.55. The van der Waals surface area contributed by atoms with Crippen LogP contribution in [0, 0.1) is 0 Å². The molecule has 0 aromatic heterocycles. The Hall–Kier alpha value is -3.88. The number of hydrogen-bond acceptors (Lipinski definition) is 4. The number of rotatable bonds is 11. The van der Waals surface area contributed by atoms with Crippen molar-refractivity contribution in [3.05, 3.63) is 113 Å². The Labute approximate surface area is 258 Å². The normalized spacial score (nSPS) is 14.4. The lowest BCUT2D eigenvalue weighted by Gasteiger charge is -2.34. The first-order valence-electron chi connectivity index (χ1n) is 14.5. The second kappa shape index (κ2) is 13.6. The summed E-state index contributed by atoms with van der Waals surface area (Å²) in [7, 11) is -3.88. The number of amides is 2. The number of nitrogens with zero attached hydrogens (tertiary/aromatic N) is 2. The molecule has 4 aromatic rings. The van der Waals surface area contributed by atoms with E-state index in [-0.39, 0.29) is 24.9 Å². The molecule has 1 aliphatic carbocycles.